The average Bonchev–Trinajstić information content (AvgIpc) is 2.35. The molecule has 1 N–H and O–H groups in total. The van der Waals surface area contributed by atoms with Gasteiger partial charge in [0, 0.05) is 6.04 Å². The van der Waals surface area contributed by atoms with Gasteiger partial charge in [-0.1, -0.05) is 29.8 Å². The largest absolute Gasteiger partial charge is 0.367 e. The molecule has 98 valence electrons. The third kappa shape index (κ3) is 2.87. The van der Waals surface area contributed by atoms with Gasteiger partial charge in [0.05, 0.1) is 0 Å². The third-order valence-electron chi connectivity index (χ3n) is 3.55. The lowest BCUT2D eigenvalue weighted by atomic mass is 9.76. The minimum Gasteiger partial charge on any atom is -0.367 e. The Morgan fingerprint density at radius 2 is 1.84 bits per heavy atom. The van der Waals surface area contributed by atoms with Crippen LogP contribution in [-0.4, -0.2) is 11.0 Å². The summed E-state index contributed by atoms with van der Waals surface area (Å²) in [5.74, 6) is 1.15. The number of rotatable bonds is 3. The fraction of sp³-hybridized carbons (Fsp3) is 0.267. The van der Waals surface area contributed by atoms with E-state index in [9.17, 15) is 4.39 Å². The van der Waals surface area contributed by atoms with Crippen molar-refractivity contribution in [3.8, 4) is 0 Å². The lowest BCUT2D eigenvalue weighted by Crippen LogP contribution is -2.34. The summed E-state index contributed by atoms with van der Waals surface area (Å²) < 4.78 is 12.8. The minimum absolute atomic E-state index is 0.180. The molecule has 2 nitrogen and oxygen atoms in total. The monoisotopic (exact) mass is 276 g/mol. The van der Waals surface area contributed by atoms with Crippen LogP contribution in [0.25, 0.3) is 0 Å². The second-order valence-corrected chi connectivity index (χ2v) is 5.29. The van der Waals surface area contributed by atoms with Crippen LogP contribution in [0.2, 0.25) is 5.15 Å². The quantitative estimate of drug-likeness (QED) is 0.849. The highest BCUT2D eigenvalue weighted by atomic mass is 35.5. The van der Waals surface area contributed by atoms with Gasteiger partial charge in [-0.2, -0.15) is 0 Å². The summed E-state index contributed by atoms with van der Waals surface area (Å²) in [4.78, 5) is 4.21. The molecule has 0 spiro atoms. The van der Waals surface area contributed by atoms with Gasteiger partial charge < -0.3 is 5.32 Å². The van der Waals surface area contributed by atoms with Crippen molar-refractivity contribution in [2.75, 3.05) is 5.32 Å². The normalized spacial score (nSPS) is 21.8. The summed E-state index contributed by atoms with van der Waals surface area (Å²) in [5.41, 5.74) is 1.21. The van der Waals surface area contributed by atoms with Crippen molar-refractivity contribution in [2.45, 2.75) is 24.8 Å². The molecule has 1 aromatic heterocycles. The highest BCUT2D eigenvalue weighted by Crippen LogP contribution is 2.38. The molecule has 1 fully saturated rings. The molecule has 1 aromatic carbocycles. The Bertz CT molecular complexity index is 565. The maximum Gasteiger partial charge on any atom is 0.131 e. The van der Waals surface area contributed by atoms with Gasteiger partial charge in [-0.3, -0.25) is 0 Å². The van der Waals surface area contributed by atoms with E-state index in [1.807, 2.05) is 24.3 Å². The number of hydrogen-bond acceptors (Lipinski definition) is 2. The first-order valence-corrected chi connectivity index (χ1v) is 6.73. The van der Waals surface area contributed by atoms with E-state index < -0.39 is 0 Å². The molecule has 0 radical (unpaired) electrons. The molecule has 1 aliphatic rings. The Morgan fingerprint density at radius 3 is 2.53 bits per heavy atom. The topological polar surface area (TPSA) is 24.9 Å². The van der Waals surface area contributed by atoms with E-state index >= 15 is 0 Å². The van der Waals surface area contributed by atoms with Gasteiger partial charge in [0.15, 0.2) is 0 Å². The van der Waals surface area contributed by atoms with Crippen LogP contribution in [0.3, 0.4) is 0 Å². The maximum atomic E-state index is 12.8. The van der Waals surface area contributed by atoms with Crippen LogP contribution in [0.4, 0.5) is 10.2 Å². The van der Waals surface area contributed by atoms with Crippen molar-refractivity contribution in [3.63, 3.8) is 0 Å². The molecule has 1 saturated carbocycles. The Balaban J connectivity index is 1.57. The van der Waals surface area contributed by atoms with E-state index in [0.29, 0.717) is 17.1 Å². The standard InChI is InChI=1S/C15H14ClFN2/c16-14-2-1-3-15(19-14)18-13-8-11(9-13)10-4-6-12(17)7-5-10/h1-7,11,13H,8-9H2,(H,18,19). The zero-order valence-electron chi connectivity index (χ0n) is 10.3. The summed E-state index contributed by atoms with van der Waals surface area (Å²) in [6, 6.07) is 12.8. The highest BCUT2D eigenvalue weighted by Gasteiger charge is 2.30. The summed E-state index contributed by atoms with van der Waals surface area (Å²) in [6.07, 6.45) is 2.08. The van der Waals surface area contributed by atoms with E-state index in [-0.39, 0.29) is 5.82 Å². The SMILES string of the molecule is Fc1ccc(C2CC(Nc3cccc(Cl)n3)C2)cc1. The van der Waals surface area contributed by atoms with Crippen LogP contribution < -0.4 is 5.32 Å². The predicted molar refractivity (Wildman–Crippen MR) is 75.0 cm³/mol. The third-order valence-corrected chi connectivity index (χ3v) is 3.76. The lowest BCUT2D eigenvalue weighted by molar-refractivity contribution is 0.373. The number of halogens is 2. The zero-order valence-corrected chi connectivity index (χ0v) is 11.1. The molecule has 1 heterocycles. The second-order valence-electron chi connectivity index (χ2n) is 4.91. The molecule has 4 heteroatoms. The lowest BCUT2D eigenvalue weighted by Gasteiger charge is -2.36. The molecule has 0 unspecified atom stereocenters. The molecule has 0 aliphatic heterocycles. The highest BCUT2D eigenvalue weighted by molar-refractivity contribution is 6.29. The smallest absolute Gasteiger partial charge is 0.131 e. The van der Waals surface area contributed by atoms with Crippen LogP contribution in [0.15, 0.2) is 42.5 Å². The number of hydrogen-bond donors (Lipinski definition) is 1. The average molecular weight is 277 g/mol. The minimum atomic E-state index is -0.180. The van der Waals surface area contributed by atoms with Gasteiger partial charge in [-0.25, -0.2) is 9.37 Å². The molecule has 3 rings (SSSR count). The van der Waals surface area contributed by atoms with Gasteiger partial charge in [0.2, 0.25) is 0 Å². The van der Waals surface area contributed by atoms with Gasteiger partial charge in [0.1, 0.15) is 16.8 Å². The van der Waals surface area contributed by atoms with E-state index in [1.165, 1.54) is 17.7 Å². The van der Waals surface area contributed by atoms with Crippen LogP contribution in [0.5, 0.6) is 0 Å². The first-order valence-electron chi connectivity index (χ1n) is 6.35. The molecule has 1 aliphatic carbocycles. The number of benzene rings is 1. The Labute approximate surface area is 116 Å². The summed E-state index contributed by atoms with van der Waals surface area (Å²) >= 11 is 5.84. The van der Waals surface area contributed by atoms with Gasteiger partial charge in [-0.15, -0.1) is 0 Å². The Hall–Kier alpha value is -1.61. The van der Waals surface area contributed by atoms with Crippen LogP contribution in [0.1, 0.15) is 24.3 Å². The first kappa shape index (κ1) is 12.4. The van der Waals surface area contributed by atoms with Crippen molar-refractivity contribution in [2.24, 2.45) is 0 Å². The fourth-order valence-corrected chi connectivity index (χ4v) is 2.60. The fourth-order valence-electron chi connectivity index (χ4n) is 2.44. The summed E-state index contributed by atoms with van der Waals surface area (Å²) in [5, 5.41) is 3.86. The molecular weight excluding hydrogens is 263 g/mol. The molecule has 0 atom stereocenters. The second kappa shape index (κ2) is 5.17. The van der Waals surface area contributed by atoms with Gasteiger partial charge >= 0.3 is 0 Å². The van der Waals surface area contributed by atoms with E-state index in [2.05, 4.69) is 10.3 Å². The van der Waals surface area contributed by atoms with Gasteiger partial charge in [-0.05, 0) is 48.6 Å². The molecule has 0 bridgehead atoms. The van der Waals surface area contributed by atoms with Crippen molar-refractivity contribution >= 4 is 17.4 Å². The predicted octanol–water partition coefficient (Wildman–Crippen LogP) is 4.23. The molecule has 19 heavy (non-hydrogen) atoms. The van der Waals surface area contributed by atoms with Crippen LogP contribution in [-0.2, 0) is 0 Å². The number of anilines is 1. The number of nitrogens with one attached hydrogen (secondary N) is 1. The van der Waals surface area contributed by atoms with Crippen molar-refractivity contribution in [1.82, 2.24) is 4.98 Å². The molecule has 2 aromatic rings. The van der Waals surface area contributed by atoms with Crippen LogP contribution in [0, 0.1) is 5.82 Å². The van der Waals surface area contributed by atoms with E-state index in [0.717, 1.165) is 18.7 Å². The number of aromatic nitrogens is 1. The van der Waals surface area contributed by atoms with Gasteiger partial charge in [0.25, 0.3) is 0 Å². The Morgan fingerprint density at radius 1 is 1.11 bits per heavy atom. The molecular formula is C15H14ClFN2. The van der Waals surface area contributed by atoms with Crippen molar-refractivity contribution in [1.29, 1.82) is 0 Å². The molecule has 0 saturated heterocycles. The van der Waals surface area contributed by atoms with E-state index in [1.54, 1.807) is 6.07 Å². The summed E-state index contributed by atoms with van der Waals surface area (Å²) in [6.45, 7) is 0. The van der Waals surface area contributed by atoms with Crippen molar-refractivity contribution in [3.05, 3.63) is 59.0 Å². The maximum absolute atomic E-state index is 12.8. The summed E-state index contributed by atoms with van der Waals surface area (Å²) in [7, 11) is 0. The Kier molecular flexibility index (Phi) is 3.38. The molecule has 0 amide bonds. The zero-order chi connectivity index (χ0) is 13.2. The van der Waals surface area contributed by atoms with E-state index in [4.69, 9.17) is 11.6 Å². The first-order chi connectivity index (χ1) is 9.20. The number of pyridine rings is 1. The number of nitrogens with zero attached hydrogens (tertiary/aromatic N) is 1. The van der Waals surface area contributed by atoms with Crippen LogP contribution >= 0.6 is 11.6 Å². The van der Waals surface area contributed by atoms with Crippen molar-refractivity contribution < 1.29 is 4.39 Å².